The second-order valence-corrected chi connectivity index (χ2v) is 4.92. The Balaban J connectivity index is 1.99. The van der Waals surface area contributed by atoms with Crippen LogP contribution in [-0.4, -0.2) is 43.2 Å². The summed E-state index contributed by atoms with van der Waals surface area (Å²) in [7, 11) is 3.12. The summed E-state index contributed by atoms with van der Waals surface area (Å²) in [4.78, 5) is 20.0. The zero-order valence-electron chi connectivity index (χ0n) is 12.8. The molecule has 2 aromatic rings. The summed E-state index contributed by atoms with van der Waals surface area (Å²) in [5, 5.41) is 6.21. The molecule has 1 amide bonds. The lowest BCUT2D eigenvalue weighted by molar-refractivity contribution is 0.0932. The number of aromatic nitrogens is 2. The van der Waals surface area contributed by atoms with Crippen molar-refractivity contribution < 1.29 is 14.3 Å². The number of anilines is 2. The van der Waals surface area contributed by atoms with Crippen LogP contribution in [-0.2, 0) is 4.74 Å². The summed E-state index contributed by atoms with van der Waals surface area (Å²) < 4.78 is 9.95. The molecule has 0 saturated carbocycles. The largest absolute Gasteiger partial charge is 0.495 e. The van der Waals surface area contributed by atoms with E-state index in [0.29, 0.717) is 29.7 Å². The van der Waals surface area contributed by atoms with Crippen LogP contribution in [0.4, 0.5) is 11.5 Å². The van der Waals surface area contributed by atoms with Gasteiger partial charge in [0.2, 0.25) is 0 Å². The van der Waals surface area contributed by atoms with E-state index < -0.39 is 0 Å². The molecule has 0 spiro atoms. The van der Waals surface area contributed by atoms with Crippen molar-refractivity contribution in [3.8, 4) is 5.75 Å². The van der Waals surface area contributed by atoms with Gasteiger partial charge in [0.15, 0.2) is 0 Å². The molecule has 8 heteroatoms. The normalized spacial score (nSPS) is 10.2. The molecule has 1 aromatic carbocycles. The lowest BCUT2D eigenvalue weighted by Gasteiger charge is -2.08. The molecule has 0 aliphatic carbocycles. The second kappa shape index (κ2) is 8.30. The Kier molecular flexibility index (Phi) is 6.13. The summed E-state index contributed by atoms with van der Waals surface area (Å²) in [5.74, 6) is 0.791. The first-order valence-corrected chi connectivity index (χ1v) is 7.21. The molecule has 0 bridgehead atoms. The van der Waals surface area contributed by atoms with E-state index in [1.54, 1.807) is 32.4 Å². The number of nitrogens with zero attached hydrogens (tertiary/aromatic N) is 2. The van der Waals surface area contributed by atoms with E-state index in [9.17, 15) is 4.79 Å². The Morgan fingerprint density at radius 2 is 2.09 bits per heavy atom. The molecule has 0 saturated heterocycles. The monoisotopic (exact) mass is 336 g/mol. The molecule has 7 nitrogen and oxygen atoms in total. The molecular formula is C15H17ClN4O3. The number of hydrogen-bond acceptors (Lipinski definition) is 6. The standard InChI is InChI=1S/C15H17ClN4O3/c1-22-6-5-17-15(21)12-8-19-14(9-18-12)20-10-3-4-13(23-2)11(16)7-10/h3-4,7-9H,5-6H2,1-2H3,(H,17,21)(H,19,20). The Hall–Kier alpha value is -2.38. The highest BCUT2D eigenvalue weighted by Gasteiger charge is 2.08. The number of rotatable bonds is 7. The maximum atomic E-state index is 11.8. The van der Waals surface area contributed by atoms with Crippen LogP contribution in [0, 0.1) is 0 Å². The van der Waals surface area contributed by atoms with Crippen molar-refractivity contribution >= 4 is 29.0 Å². The Morgan fingerprint density at radius 3 is 2.70 bits per heavy atom. The Morgan fingerprint density at radius 1 is 1.26 bits per heavy atom. The molecule has 0 aliphatic rings. The van der Waals surface area contributed by atoms with Gasteiger partial charge in [-0.2, -0.15) is 0 Å². The van der Waals surface area contributed by atoms with E-state index in [2.05, 4.69) is 20.6 Å². The Labute approximate surface area is 139 Å². The molecule has 1 aromatic heterocycles. The quantitative estimate of drug-likeness (QED) is 0.754. The average molecular weight is 337 g/mol. The van der Waals surface area contributed by atoms with Gasteiger partial charge in [-0.3, -0.25) is 4.79 Å². The first kappa shape index (κ1) is 17.0. The molecule has 1 heterocycles. The molecule has 0 aliphatic heterocycles. The highest BCUT2D eigenvalue weighted by Crippen LogP contribution is 2.28. The van der Waals surface area contributed by atoms with Crippen LogP contribution in [0.25, 0.3) is 0 Å². The zero-order chi connectivity index (χ0) is 16.7. The van der Waals surface area contributed by atoms with Gasteiger partial charge < -0.3 is 20.1 Å². The molecule has 0 radical (unpaired) electrons. The van der Waals surface area contributed by atoms with Crippen LogP contribution in [0.3, 0.4) is 0 Å². The van der Waals surface area contributed by atoms with Crippen molar-refractivity contribution in [2.45, 2.75) is 0 Å². The van der Waals surface area contributed by atoms with E-state index in [1.165, 1.54) is 12.4 Å². The topological polar surface area (TPSA) is 85.4 Å². The smallest absolute Gasteiger partial charge is 0.271 e. The summed E-state index contributed by atoms with van der Waals surface area (Å²) in [6, 6.07) is 5.26. The van der Waals surface area contributed by atoms with Crippen LogP contribution in [0.5, 0.6) is 5.75 Å². The SMILES string of the molecule is COCCNC(=O)c1cnc(Nc2ccc(OC)c(Cl)c2)cn1. The van der Waals surface area contributed by atoms with Crippen molar-refractivity contribution in [2.75, 3.05) is 32.7 Å². The van der Waals surface area contributed by atoms with Gasteiger partial charge >= 0.3 is 0 Å². The van der Waals surface area contributed by atoms with Crippen LogP contribution < -0.4 is 15.4 Å². The Bertz CT molecular complexity index is 664. The van der Waals surface area contributed by atoms with E-state index in [1.807, 2.05) is 0 Å². The number of nitrogens with one attached hydrogen (secondary N) is 2. The fourth-order valence-corrected chi connectivity index (χ4v) is 2.02. The summed E-state index contributed by atoms with van der Waals surface area (Å²) >= 11 is 6.06. The van der Waals surface area contributed by atoms with Crippen LogP contribution in [0.2, 0.25) is 5.02 Å². The molecule has 122 valence electrons. The third-order valence-corrected chi connectivity index (χ3v) is 3.20. The van der Waals surface area contributed by atoms with Gasteiger partial charge in [0.05, 0.1) is 31.1 Å². The van der Waals surface area contributed by atoms with E-state index in [0.717, 1.165) is 5.69 Å². The molecular weight excluding hydrogens is 320 g/mol. The zero-order valence-corrected chi connectivity index (χ0v) is 13.6. The highest BCUT2D eigenvalue weighted by molar-refractivity contribution is 6.32. The molecule has 23 heavy (non-hydrogen) atoms. The van der Waals surface area contributed by atoms with Crippen LogP contribution in [0.15, 0.2) is 30.6 Å². The molecule has 2 rings (SSSR count). The number of benzene rings is 1. The maximum Gasteiger partial charge on any atom is 0.271 e. The summed E-state index contributed by atoms with van der Waals surface area (Å²) in [5.41, 5.74) is 0.974. The highest BCUT2D eigenvalue weighted by atomic mass is 35.5. The molecule has 0 fully saturated rings. The van der Waals surface area contributed by atoms with Gasteiger partial charge in [0.25, 0.3) is 5.91 Å². The third-order valence-electron chi connectivity index (χ3n) is 2.90. The average Bonchev–Trinajstić information content (AvgIpc) is 2.56. The van der Waals surface area contributed by atoms with E-state index in [4.69, 9.17) is 21.1 Å². The number of halogens is 1. The minimum Gasteiger partial charge on any atom is -0.495 e. The first-order valence-electron chi connectivity index (χ1n) is 6.83. The lowest BCUT2D eigenvalue weighted by Crippen LogP contribution is -2.27. The van der Waals surface area contributed by atoms with Crippen molar-refractivity contribution in [3.63, 3.8) is 0 Å². The molecule has 0 unspecified atom stereocenters. The minimum atomic E-state index is -0.298. The third kappa shape index (κ3) is 4.80. The van der Waals surface area contributed by atoms with Crippen molar-refractivity contribution in [3.05, 3.63) is 41.3 Å². The van der Waals surface area contributed by atoms with Gasteiger partial charge in [0.1, 0.15) is 17.3 Å². The number of methoxy groups -OCH3 is 2. The fourth-order valence-electron chi connectivity index (χ4n) is 1.76. The second-order valence-electron chi connectivity index (χ2n) is 4.51. The predicted octanol–water partition coefficient (Wildman–Crippen LogP) is 2.26. The fraction of sp³-hybridized carbons (Fsp3) is 0.267. The van der Waals surface area contributed by atoms with Gasteiger partial charge in [-0.05, 0) is 18.2 Å². The number of amides is 1. The molecule has 0 atom stereocenters. The van der Waals surface area contributed by atoms with E-state index >= 15 is 0 Å². The van der Waals surface area contributed by atoms with Crippen molar-refractivity contribution in [1.29, 1.82) is 0 Å². The molecule has 2 N–H and O–H groups in total. The summed E-state index contributed by atoms with van der Waals surface area (Å²) in [6.45, 7) is 0.860. The number of hydrogen-bond donors (Lipinski definition) is 2. The van der Waals surface area contributed by atoms with Crippen LogP contribution >= 0.6 is 11.6 Å². The van der Waals surface area contributed by atoms with Gasteiger partial charge in [-0.1, -0.05) is 11.6 Å². The van der Waals surface area contributed by atoms with Crippen LogP contribution in [0.1, 0.15) is 10.5 Å². The van der Waals surface area contributed by atoms with Gasteiger partial charge in [-0.25, -0.2) is 9.97 Å². The lowest BCUT2D eigenvalue weighted by atomic mass is 10.3. The van der Waals surface area contributed by atoms with Crippen molar-refractivity contribution in [1.82, 2.24) is 15.3 Å². The maximum absolute atomic E-state index is 11.8. The minimum absolute atomic E-state index is 0.236. The summed E-state index contributed by atoms with van der Waals surface area (Å²) in [6.07, 6.45) is 2.87. The first-order chi connectivity index (χ1) is 11.1. The number of ether oxygens (including phenoxy) is 2. The van der Waals surface area contributed by atoms with Crippen molar-refractivity contribution in [2.24, 2.45) is 0 Å². The number of carbonyl (C=O) groups excluding carboxylic acids is 1. The number of carbonyl (C=O) groups is 1. The van der Waals surface area contributed by atoms with E-state index in [-0.39, 0.29) is 11.6 Å². The van der Waals surface area contributed by atoms with Gasteiger partial charge in [-0.15, -0.1) is 0 Å². The predicted molar refractivity (Wildman–Crippen MR) is 87.5 cm³/mol. The van der Waals surface area contributed by atoms with Gasteiger partial charge in [0, 0.05) is 19.3 Å².